The highest BCUT2D eigenvalue weighted by Crippen LogP contribution is 2.31. The first-order valence-electron chi connectivity index (χ1n) is 14.5. The number of rotatable bonds is 11. The fraction of sp³-hybridized carbons (Fsp3) is 0.621. The lowest BCUT2D eigenvalue weighted by Crippen LogP contribution is -2.45. The third-order valence-corrected chi connectivity index (χ3v) is 8.15. The number of para-hydroxylation sites is 2. The first kappa shape index (κ1) is 28.6. The van der Waals surface area contributed by atoms with E-state index in [9.17, 15) is 13.2 Å². The van der Waals surface area contributed by atoms with Crippen LogP contribution in [0.5, 0.6) is 0 Å². The van der Waals surface area contributed by atoms with Gasteiger partial charge >= 0.3 is 0 Å². The van der Waals surface area contributed by atoms with Gasteiger partial charge in [-0.3, -0.25) is 9.47 Å². The Morgan fingerprint density at radius 1 is 1.05 bits per heavy atom. The Kier molecular flexibility index (Phi) is 9.41. The highest BCUT2D eigenvalue weighted by atomic mass is 19.3. The van der Waals surface area contributed by atoms with Gasteiger partial charge in [0.1, 0.15) is 18.3 Å². The summed E-state index contributed by atoms with van der Waals surface area (Å²) in [5.74, 6) is 1.55. The van der Waals surface area contributed by atoms with Crippen molar-refractivity contribution in [2.45, 2.75) is 64.5 Å². The molecule has 0 bridgehead atoms. The number of benzene rings is 1. The van der Waals surface area contributed by atoms with Gasteiger partial charge in [0.15, 0.2) is 5.82 Å². The average Bonchev–Trinajstić information content (AvgIpc) is 3.39. The van der Waals surface area contributed by atoms with E-state index in [0.29, 0.717) is 73.4 Å². The predicted octanol–water partition coefficient (Wildman–Crippen LogP) is 5.63. The first-order chi connectivity index (χ1) is 19.5. The van der Waals surface area contributed by atoms with Crippen molar-refractivity contribution in [3.05, 3.63) is 36.2 Å². The Labute approximate surface area is 233 Å². The van der Waals surface area contributed by atoms with Gasteiger partial charge in [-0.05, 0) is 63.6 Å². The van der Waals surface area contributed by atoms with Gasteiger partial charge in [-0.2, -0.15) is 9.97 Å². The number of fused-ring (bicyclic) bond motifs is 1. The second-order valence-electron chi connectivity index (χ2n) is 10.9. The fourth-order valence-corrected chi connectivity index (χ4v) is 6.03. The lowest BCUT2D eigenvalue weighted by Gasteiger charge is -2.39. The number of anilines is 2. The van der Waals surface area contributed by atoms with Crippen molar-refractivity contribution in [2.75, 3.05) is 56.3 Å². The van der Waals surface area contributed by atoms with Crippen molar-refractivity contribution >= 4 is 22.8 Å². The van der Waals surface area contributed by atoms with Crippen LogP contribution in [0.25, 0.3) is 16.9 Å². The zero-order valence-electron chi connectivity index (χ0n) is 23.4. The number of ether oxygens (including phenoxy) is 1. The fourth-order valence-electron chi connectivity index (χ4n) is 6.03. The number of morpholine rings is 1. The van der Waals surface area contributed by atoms with E-state index in [1.807, 2.05) is 13.0 Å². The lowest BCUT2D eigenvalue weighted by molar-refractivity contribution is 0.0860. The molecule has 1 saturated carbocycles. The van der Waals surface area contributed by atoms with Crippen molar-refractivity contribution in [3.63, 3.8) is 0 Å². The van der Waals surface area contributed by atoms with Crippen LogP contribution < -0.4 is 10.2 Å². The van der Waals surface area contributed by atoms with Crippen LogP contribution in [0.2, 0.25) is 0 Å². The third kappa shape index (κ3) is 6.35. The maximum absolute atomic E-state index is 14.1. The summed E-state index contributed by atoms with van der Waals surface area (Å²) in [5, 5.41) is 3.42. The molecule has 8 nitrogen and oxygen atoms in total. The Hall–Kier alpha value is -2.92. The number of aromatic nitrogens is 4. The van der Waals surface area contributed by atoms with E-state index >= 15 is 0 Å². The van der Waals surface area contributed by atoms with Crippen molar-refractivity contribution in [3.8, 4) is 5.82 Å². The molecule has 0 amide bonds. The number of halogens is 3. The third-order valence-electron chi connectivity index (χ3n) is 8.15. The van der Waals surface area contributed by atoms with Crippen molar-refractivity contribution in [1.29, 1.82) is 0 Å². The van der Waals surface area contributed by atoms with Gasteiger partial charge in [-0.15, -0.1) is 0 Å². The van der Waals surface area contributed by atoms with Crippen LogP contribution in [0.1, 0.15) is 58.2 Å². The van der Waals surface area contributed by atoms with E-state index in [1.165, 1.54) is 4.57 Å². The Morgan fingerprint density at radius 3 is 2.48 bits per heavy atom. The van der Waals surface area contributed by atoms with Gasteiger partial charge in [0, 0.05) is 37.8 Å². The van der Waals surface area contributed by atoms with Gasteiger partial charge in [-0.25, -0.2) is 18.2 Å². The molecule has 1 atom stereocenters. The Balaban J connectivity index is 1.37. The molecule has 1 unspecified atom stereocenters. The summed E-state index contributed by atoms with van der Waals surface area (Å²) in [6.45, 7) is 7.90. The first-order valence-corrected chi connectivity index (χ1v) is 14.5. The molecule has 1 N–H and O–H groups in total. The molecule has 11 heteroatoms. The Morgan fingerprint density at radius 2 is 1.77 bits per heavy atom. The quantitative estimate of drug-likeness (QED) is 0.327. The molecule has 3 aromatic rings. The van der Waals surface area contributed by atoms with Gasteiger partial charge in [0.05, 0.1) is 24.2 Å². The summed E-state index contributed by atoms with van der Waals surface area (Å²) in [6, 6.07) is 9.23. The molecule has 0 radical (unpaired) electrons. The highest BCUT2D eigenvalue weighted by Gasteiger charge is 2.29. The molecule has 218 valence electrons. The molecule has 2 aromatic heterocycles. The molecule has 1 aromatic carbocycles. The minimum atomic E-state index is -2.76. The smallest absolute Gasteiger partial charge is 0.296 e. The normalized spacial score (nSPS) is 20.9. The molecule has 40 heavy (non-hydrogen) atoms. The minimum absolute atomic E-state index is 0.0493. The van der Waals surface area contributed by atoms with Crippen molar-refractivity contribution < 1.29 is 17.9 Å². The Bertz CT molecular complexity index is 1240. The maximum atomic E-state index is 14.1. The highest BCUT2D eigenvalue weighted by molar-refractivity contribution is 5.78. The van der Waals surface area contributed by atoms with Gasteiger partial charge in [0.2, 0.25) is 5.95 Å². The molecule has 5 rings (SSSR count). The molecule has 2 fully saturated rings. The van der Waals surface area contributed by atoms with Gasteiger partial charge < -0.3 is 15.0 Å². The van der Waals surface area contributed by atoms with E-state index in [4.69, 9.17) is 14.7 Å². The summed E-state index contributed by atoms with van der Waals surface area (Å²) in [7, 11) is 0. The molecule has 1 aliphatic heterocycles. The number of nitrogens with one attached hydrogen (secondary N) is 1. The molecule has 3 heterocycles. The number of nitrogens with zero attached hydrogens (tertiary/aromatic N) is 6. The summed E-state index contributed by atoms with van der Waals surface area (Å²) < 4.78 is 48.6. The van der Waals surface area contributed by atoms with Crippen LogP contribution in [0.4, 0.5) is 24.9 Å². The van der Waals surface area contributed by atoms with Gasteiger partial charge in [-0.1, -0.05) is 19.1 Å². The van der Waals surface area contributed by atoms with E-state index in [1.54, 1.807) is 24.3 Å². The minimum Gasteiger partial charge on any atom is -0.378 e. The standard InChI is InChI=1S/C29H40F3N7O/c1-3-12-38(20(2)18-30)22-10-8-21(9-11-22)19-33-29-35-25(37-13-15-40-16-14-37)17-26(36-29)39-24-7-5-4-6-23(24)34-28(39)27(31)32/h4-7,17,20-22,27H,3,8-16,18-19H2,1-2H3,(H,33,35,36)/t20?,21-,22-. The molecular weight excluding hydrogens is 519 g/mol. The number of hydrogen-bond donors (Lipinski definition) is 1. The van der Waals surface area contributed by atoms with Crippen LogP contribution >= 0.6 is 0 Å². The zero-order chi connectivity index (χ0) is 28.1. The largest absolute Gasteiger partial charge is 0.378 e. The summed E-state index contributed by atoms with van der Waals surface area (Å²) >= 11 is 0. The number of hydrogen-bond acceptors (Lipinski definition) is 7. The lowest BCUT2D eigenvalue weighted by atomic mass is 9.84. The van der Waals surface area contributed by atoms with E-state index < -0.39 is 6.43 Å². The second kappa shape index (κ2) is 13.2. The van der Waals surface area contributed by atoms with Gasteiger partial charge in [0.25, 0.3) is 6.43 Å². The van der Waals surface area contributed by atoms with Crippen LogP contribution in [0.3, 0.4) is 0 Å². The van der Waals surface area contributed by atoms with Crippen molar-refractivity contribution in [1.82, 2.24) is 24.4 Å². The van der Waals surface area contributed by atoms with E-state index in [-0.39, 0.29) is 18.5 Å². The SMILES string of the molecule is CCCN(C(C)CF)[C@H]1CC[C@H](CNc2nc(N3CCOCC3)cc(-n3c(C(F)F)nc4ccccc43)n2)CC1. The monoisotopic (exact) mass is 559 g/mol. The average molecular weight is 560 g/mol. The van der Waals surface area contributed by atoms with Crippen LogP contribution in [0.15, 0.2) is 30.3 Å². The maximum Gasteiger partial charge on any atom is 0.296 e. The molecule has 1 saturated heterocycles. The zero-order valence-corrected chi connectivity index (χ0v) is 23.4. The van der Waals surface area contributed by atoms with Crippen LogP contribution in [0, 0.1) is 5.92 Å². The van der Waals surface area contributed by atoms with E-state index in [0.717, 1.165) is 38.6 Å². The molecule has 1 aliphatic carbocycles. The molecule has 2 aliphatic rings. The summed E-state index contributed by atoms with van der Waals surface area (Å²) in [6.07, 6.45) is 2.41. The number of imidazole rings is 1. The number of alkyl halides is 3. The summed E-state index contributed by atoms with van der Waals surface area (Å²) in [4.78, 5) is 18.1. The molecular formula is C29H40F3N7O. The second-order valence-corrected chi connectivity index (χ2v) is 10.9. The van der Waals surface area contributed by atoms with Crippen molar-refractivity contribution in [2.24, 2.45) is 5.92 Å². The predicted molar refractivity (Wildman–Crippen MR) is 151 cm³/mol. The van der Waals surface area contributed by atoms with E-state index in [2.05, 4.69) is 27.0 Å². The summed E-state index contributed by atoms with van der Waals surface area (Å²) in [5.41, 5.74) is 1.07. The topological polar surface area (TPSA) is 71.3 Å². The van der Waals surface area contributed by atoms with Crippen LogP contribution in [-0.4, -0.2) is 82.6 Å². The van der Waals surface area contributed by atoms with Crippen LogP contribution in [-0.2, 0) is 4.74 Å². The molecule has 0 spiro atoms.